The molecule has 1 N–H and O–H groups in total. The molecule has 0 spiro atoms. The normalized spacial score (nSPS) is 10.1. The van der Waals surface area contributed by atoms with Crippen molar-refractivity contribution in [3.8, 4) is 11.1 Å². The largest absolute Gasteiger partial charge is 0.478 e. The standard InChI is InChI=1S/C16H14O2/c1-11(2)13-9-6-10-14(16(17)18)15(13)12-7-4-3-5-8-12/h3-10H,1H2,2H3,(H,17,18). The van der Waals surface area contributed by atoms with Crippen LogP contribution in [0.15, 0.2) is 55.1 Å². The van der Waals surface area contributed by atoms with Gasteiger partial charge in [-0.3, -0.25) is 0 Å². The Balaban J connectivity index is 2.77. The summed E-state index contributed by atoms with van der Waals surface area (Å²) in [5.74, 6) is -0.919. The van der Waals surface area contributed by atoms with E-state index in [2.05, 4.69) is 6.58 Å². The van der Waals surface area contributed by atoms with Crippen molar-refractivity contribution in [2.24, 2.45) is 0 Å². The number of aromatic carboxylic acids is 1. The first kappa shape index (κ1) is 12.1. The molecule has 2 rings (SSSR count). The number of allylic oxidation sites excluding steroid dienone is 1. The molecule has 0 atom stereocenters. The van der Waals surface area contributed by atoms with Crippen molar-refractivity contribution in [1.82, 2.24) is 0 Å². The Kier molecular flexibility index (Phi) is 3.28. The smallest absolute Gasteiger partial charge is 0.336 e. The summed E-state index contributed by atoms with van der Waals surface area (Å²) in [6.45, 7) is 5.80. The van der Waals surface area contributed by atoms with Crippen LogP contribution in [0.4, 0.5) is 0 Å². The van der Waals surface area contributed by atoms with E-state index in [1.807, 2.05) is 43.3 Å². The molecule has 0 saturated heterocycles. The molecule has 0 amide bonds. The fourth-order valence-electron chi connectivity index (χ4n) is 2.00. The zero-order valence-electron chi connectivity index (χ0n) is 10.2. The molecule has 0 aliphatic carbocycles. The molecule has 2 aromatic carbocycles. The topological polar surface area (TPSA) is 37.3 Å². The van der Waals surface area contributed by atoms with E-state index in [9.17, 15) is 9.90 Å². The lowest BCUT2D eigenvalue weighted by Gasteiger charge is -2.12. The van der Waals surface area contributed by atoms with E-state index < -0.39 is 5.97 Å². The molecule has 0 radical (unpaired) electrons. The molecule has 0 saturated carbocycles. The van der Waals surface area contributed by atoms with Gasteiger partial charge in [0.25, 0.3) is 0 Å². The maximum Gasteiger partial charge on any atom is 0.336 e. The van der Waals surface area contributed by atoms with E-state index in [4.69, 9.17) is 0 Å². The highest BCUT2D eigenvalue weighted by Gasteiger charge is 2.15. The number of hydrogen-bond donors (Lipinski definition) is 1. The zero-order valence-corrected chi connectivity index (χ0v) is 10.2. The second-order valence-corrected chi connectivity index (χ2v) is 4.18. The molecule has 0 aliphatic rings. The molecule has 2 nitrogen and oxygen atoms in total. The minimum Gasteiger partial charge on any atom is -0.478 e. The first-order chi connectivity index (χ1) is 8.61. The quantitative estimate of drug-likeness (QED) is 0.874. The molecule has 0 bridgehead atoms. The van der Waals surface area contributed by atoms with Crippen LogP contribution >= 0.6 is 0 Å². The van der Waals surface area contributed by atoms with E-state index in [0.717, 1.165) is 22.3 Å². The van der Waals surface area contributed by atoms with Crippen LogP contribution in [0.25, 0.3) is 16.7 Å². The molecule has 2 aromatic rings. The summed E-state index contributed by atoms with van der Waals surface area (Å²) in [5.41, 5.74) is 3.67. The summed E-state index contributed by atoms with van der Waals surface area (Å²) < 4.78 is 0. The molecule has 0 fully saturated rings. The minimum atomic E-state index is -0.919. The first-order valence-corrected chi connectivity index (χ1v) is 5.69. The number of carboxylic acid groups (broad SMARTS) is 1. The van der Waals surface area contributed by atoms with Crippen molar-refractivity contribution in [2.75, 3.05) is 0 Å². The molecule has 18 heavy (non-hydrogen) atoms. The number of carbonyl (C=O) groups is 1. The van der Waals surface area contributed by atoms with E-state index >= 15 is 0 Å². The Morgan fingerprint density at radius 1 is 1.00 bits per heavy atom. The number of carboxylic acids is 1. The number of rotatable bonds is 3. The van der Waals surface area contributed by atoms with Crippen molar-refractivity contribution >= 4 is 11.5 Å². The minimum absolute atomic E-state index is 0.307. The predicted molar refractivity (Wildman–Crippen MR) is 73.5 cm³/mol. The van der Waals surface area contributed by atoms with Crippen molar-refractivity contribution < 1.29 is 9.90 Å². The van der Waals surface area contributed by atoms with Crippen molar-refractivity contribution in [2.45, 2.75) is 6.92 Å². The Morgan fingerprint density at radius 3 is 2.17 bits per heavy atom. The number of hydrogen-bond acceptors (Lipinski definition) is 1. The zero-order chi connectivity index (χ0) is 13.1. The van der Waals surface area contributed by atoms with E-state index in [1.165, 1.54) is 0 Å². The van der Waals surface area contributed by atoms with Gasteiger partial charge in [-0.25, -0.2) is 4.79 Å². The molecule has 0 aliphatic heterocycles. The fourth-order valence-corrected chi connectivity index (χ4v) is 2.00. The Hall–Kier alpha value is -2.35. The average Bonchev–Trinajstić information content (AvgIpc) is 2.38. The Labute approximate surface area is 106 Å². The molecule has 0 unspecified atom stereocenters. The summed E-state index contributed by atoms with van der Waals surface area (Å²) in [6, 6.07) is 14.8. The van der Waals surface area contributed by atoms with Crippen LogP contribution in [-0.2, 0) is 0 Å². The second kappa shape index (κ2) is 4.88. The Morgan fingerprint density at radius 2 is 1.61 bits per heavy atom. The van der Waals surface area contributed by atoms with Gasteiger partial charge >= 0.3 is 5.97 Å². The van der Waals surface area contributed by atoms with Crippen LogP contribution in [0, 0.1) is 0 Å². The van der Waals surface area contributed by atoms with Gasteiger partial charge in [0.1, 0.15) is 0 Å². The van der Waals surface area contributed by atoms with Crippen LogP contribution in [-0.4, -0.2) is 11.1 Å². The predicted octanol–water partition coefficient (Wildman–Crippen LogP) is 4.08. The van der Waals surface area contributed by atoms with Crippen molar-refractivity contribution in [3.05, 3.63) is 66.2 Å². The van der Waals surface area contributed by atoms with Gasteiger partial charge in [-0.15, -0.1) is 0 Å². The van der Waals surface area contributed by atoms with Gasteiger partial charge in [0.15, 0.2) is 0 Å². The van der Waals surface area contributed by atoms with Crippen LogP contribution in [0.2, 0.25) is 0 Å². The molecular formula is C16H14O2. The monoisotopic (exact) mass is 238 g/mol. The molecule has 90 valence electrons. The van der Waals surface area contributed by atoms with Gasteiger partial charge in [-0.2, -0.15) is 0 Å². The molecule has 2 heteroatoms. The summed E-state index contributed by atoms with van der Waals surface area (Å²) in [4.78, 5) is 11.3. The lowest BCUT2D eigenvalue weighted by atomic mass is 9.91. The van der Waals surface area contributed by atoms with E-state index in [1.54, 1.807) is 12.1 Å². The van der Waals surface area contributed by atoms with Gasteiger partial charge in [0, 0.05) is 5.56 Å². The third-order valence-corrected chi connectivity index (χ3v) is 2.82. The van der Waals surface area contributed by atoms with E-state index in [0.29, 0.717) is 5.56 Å². The van der Waals surface area contributed by atoms with Crippen LogP contribution in [0.1, 0.15) is 22.8 Å². The van der Waals surface area contributed by atoms with Gasteiger partial charge in [0.2, 0.25) is 0 Å². The molecule has 0 aromatic heterocycles. The maximum absolute atomic E-state index is 11.3. The van der Waals surface area contributed by atoms with Crippen molar-refractivity contribution in [1.29, 1.82) is 0 Å². The van der Waals surface area contributed by atoms with Gasteiger partial charge in [0.05, 0.1) is 5.56 Å². The highest BCUT2D eigenvalue weighted by Crippen LogP contribution is 2.31. The SMILES string of the molecule is C=C(C)c1cccc(C(=O)O)c1-c1ccccc1. The summed E-state index contributed by atoms with van der Waals surface area (Å²) in [6.07, 6.45) is 0. The summed E-state index contributed by atoms with van der Waals surface area (Å²) in [7, 11) is 0. The highest BCUT2D eigenvalue weighted by atomic mass is 16.4. The Bertz CT molecular complexity index is 565. The fraction of sp³-hybridized carbons (Fsp3) is 0.0625. The van der Waals surface area contributed by atoms with E-state index in [-0.39, 0.29) is 0 Å². The highest BCUT2D eigenvalue weighted by molar-refractivity contribution is 5.99. The van der Waals surface area contributed by atoms with Crippen LogP contribution in [0.5, 0.6) is 0 Å². The van der Waals surface area contributed by atoms with Crippen LogP contribution < -0.4 is 0 Å². The first-order valence-electron chi connectivity index (χ1n) is 5.69. The maximum atomic E-state index is 11.3. The lowest BCUT2D eigenvalue weighted by Crippen LogP contribution is -2.01. The van der Waals surface area contributed by atoms with Gasteiger partial charge < -0.3 is 5.11 Å². The molecular weight excluding hydrogens is 224 g/mol. The van der Waals surface area contributed by atoms with Gasteiger partial charge in [-0.1, -0.05) is 54.6 Å². The summed E-state index contributed by atoms with van der Waals surface area (Å²) >= 11 is 0. The molecule has 0 heterocycles. The lowest BCUT2D eigenvalue weighted by molar-refractivity contribution is 0.0697. The van der Waals surface area contributed by atoms with Crippen LogP contribution in [0.3, 0.4) is 0 Å². The van der Waals surface area contributed by atoms with Crippen molar-refractivity contribution in [3.63, 3.8) is 0 Å². The number of benzene rings is 2. The second-order valence-electron chi connectivity index (χ2n) is 4.18. The average molecular weight is 238 g/mol. The third kappa shape index (κ3) is 2.18. The van der Waals surface area contributed by atoms with Gasteiger partial charge in [-0.05, 0) is 24.1 Å². The summed E-state index contributed by atoms with van der Waals surface area (Å²) in [5, 5.41) is 9.30. The third-order valence-electron chi connectivity index (χ3n) is 2.82.